The van der Waals surface area contributed by atoms with Crippen molar-refractivity contribution in [3.63, 3.8) is 0 Å². The number of ether oxygens (including phenoxy) is 1. The van der Waals surface area contributed by atoms with Crippen LogP contribution in [-0.4, -0.2) is 18.0 Å². The summed E-state index contributed by atoms with van der Waals surface area (Å²) in [6, 6.07) is 8.57. The van der Waals surface area contributed by atoms with E-state index in [1.54, 1.807) is 31.2 Å². The number of nitriles is 1. The predicted octanol–water partition coefficient (Wildman–Crippen LogP) is 2.23. The Morgan fingerprint density at radius 1 is 1.45 bits per heavy atom. The second-order valence-electron chi connectivity index (χ2n) is 4.89. The van der Waals surface area contributed by atoms with Gasteiger partial charge in [-0.1, -0.05) is 12.5 Å². The number of nitrogens with one attached hydrogen (secondary N) is 1. The molecule has 1 aromatic rings. The molecule has 0 radical (unpaired) electrons. The number of carbonyl (C=O) groups is 2. The lowest BCUT2D eigenvalue weighted by molar-refractivity contribution is -0.159. The average molecular weight is 272 g/mol. The van der Waals surface area contributed by atoms with Crippen molar-refractivity contribution in [2.45, 2.75) is 32.3 Å². The molecular formula is C15H16N2O3. The molecule has 1 amide bonds. The molecule has 0 bridgehead atoms. The minimum Gasteiger partial charge on any atom is -0.452 e. The van der Waals surface area contributed by atoms with Crippen LogP contribution in [0.3, 0.4) is 0 Å². The van der Waals surface area contributed by atoms with E-state index in [-0.39, 0.29) is 11.9 Å². The zero-order valence-corrected chi connectivity index (χ0v) is 11.3. The fourth-order valence-electron chi connectivity index (χ4n) is 1.88. The molecule has 1 saturated carbocycles. The molecule has 1 aromatic carbocycles. The van der Waals surface area contributed by atoms with Gasteiger partial charge in [0.1, 0.15) is 0 Å². The number of nitrogens with zero attached hydrogens (tertiary/aromatic N) is 1. The fourth-order valence-corrected chi connectivity index (χ4v) is 1.88. The Balaban J connectivity index is 1.90. The quantitative estimate of drug-likeness (QED) is 0.852. The van der Waals surface area contributed by atoms with Crippen LogP contribution in [0.5, 0.6) is 0 Å². The molecule has 20 heavy (non-hydrogen) atoms. The van der Waals surface area contributed by atoms with Crippen LogP contribution in [0.2, 0.25) is 0 Å². The molecule has 1 unspecified atom stereocenters. The summed E-state index contributed by atoms with van der Waals surface area (Å²) in [7, 11) is 0. The van der Waals surface area contributed by atoms with E-state index in [2.05, 4.69) is 5.32 Å². The zero-order valence-electron chi connectivity index (χ0n) is 11.3. The maximum Gasteiger partial charge on any atom is 0.309 e. The molecule has 0 aromatic heterocycles. The van der Waals surface area contributed by atoms with Gasteiger partial charge >= 0.3 is 5.97 Å². The average Bonchev–Trinajstić information content (AvgIpc) is 2.36. The lowest BCUT2D eigenvalue weighted by atomic mass is 9.86. The second kappa shape index (κ2) is 6.20. The first-order valence-corrected chi connectivity index (χ1v) is 6.61. The molecule has 1 aliphatic carbocycles. The maximum atomic E-state index is 11.9. The van der Waals surface area contributed by atoms with Crippen molar-refractivity contribution >= 4 is 17.6 Å². The highest BCUT2D eigenvalue weighted by atomic mass is 16.5. The first kappa shape index (κ1) is 14.1. The summed E-state index contributed by atoms with van der Waals surface area (Å²) in [6.07, 6.45) is 1.89. The molecule has 0 spiro atoms. The third-order valence-corrected chi connectivity index (χ3v) is 3.36. The highest BCUT2D eigenvalue weighted by Crippen LogP contribution is 2.27. The van der Waals surface area contributed by atoms with E-state index in [4.69, 9.17) is 10.00 Å². The van der Waals surface area contributed by atoms with Crippen LogP contribution in [-0.2, 0) is 14.3 Å². The second-order valence-corrected chi connectivity index (χ2v) is 4.89. The molecular weight excluding hydrogens is 256 g/mol. The normalized spacial score (nSPS) is 15.6. The van der Waals surface area contributed by atoms with Crippen molar-refractivity contribution in [2.75, 3.05) is 5.32 Å². The van der Waals surface area contributed by atoms with Crippen LogP contribution in [0, 0.1) is 17.2 Å². The summed E-state index contributed by atoms with van der Waals surface area (Å²) in [4.78, 5) is 23.6. The van der Waals surface area contributed by atoms with Crippen molar-refractivity contribution in [1.82, 2.24) is 0 Å². The van der Waals surface area contributed by atoms with Crippen molar-refractivity contribution < 1.29 is 14.3 Å². The monoisotopic (exact) mass is 272 g/mol. The Hall–Kier alpha value is -2.35. The van der Waals surface area contributed by atoms with E-state index in [0.29, 0.717) is 11.3 Å². The summed E-state index contributed by atoms with van der Waals surface area (Å²) < 4.78 is 5.13. The van der Waals surface area contributed by atoms with Gasteiger partial charge in [-0.05, 0) is 38.0 Å². The molecule has 2 rings (SSSR count). The van der Waals surface area contributed by atoms with Crippen molar-refractivity contribution in [3.05, 3.63) is 29.8 Å². The number of benzene rings is 1. The number of hydrogen-bond acceptors (Lipinski definition) is 4. The lowest BCUT2D eigenvalue weighted by Crippen LogP contribution is -2.34. The molecule has 5 heteroatoms. The Labute approximate surface area is 117 Å². The van der Waals surface area contributed by atoms with E-state index in [9.17, 15) is 9.59 Å². The molecule has 5 nitrogen and oxygen atoms in total. The molecule has 104 valence electrons. The third-order valence-electron chi connectivity index (χ3n) is 3.36. The van der Waals surface area contributed by atoms with Crippen molar-refractivity contribution in [1.29, 1.82) is 5.26 Å². The van der Waals surface area contributed by atoms with Gasteiger partial charge in [0.25, 0.3) is 5.91 Å². The van der Waals surface area contributed by atoms with E-state index in [1.807, 2.05) is 6.07 Å². The highest BCUT2D eigenvalue weighted by molar-refractivity contribution is 5.95. The Morgan fingerprint density at radius 3 is 2.80 bits per heavy atom. The van der Waals surface area contributed by atoms with E-state index >= 15 is 0 Å². The highest BCUT2D eigenvalue weighted by Gasteiger charge is 2.29. The number of rotatable bonds is 4. The maximum absolute atomic E-state index is 11.9. The minimum absolute atomic E-state index is 0.0489. The van der Waals surface area contributed by atoms with Gasteiger partial charge in [-0.25, -0.2) is 0 Å². The van der Waals surface area contributed by atoms with Gasteiger partial charge in [0, 0.05) is 5.69 Å². The number of hydrogen-bond donors (Lipinski definition) is 1. The van der Waals surface area contributed by atoms with Gasteiger partial charge in [-0.2, -0.15) is 5.26 Å². The molecule has 0 saturated heterocycles. The van der Waals surface area contributed by atoms with Gasteiger partial charge in [-0.3, -0.25) is 9.59 Å². The number of amides is 1. The largest absolute Gasteiger partial charge is 0.452 e. The van der Waals surface area contributed by atoms with Crippen LogP contribution >= 0.6 is 0 Å². The standard InChI is InChI=1S/C15H16N2O3/c1-10(20-15(19)12-5-3-6-12)14(18)17-13-7-2-4-11(8-13)9-16/h2,4,7-8,10,12H,3,5-6H2,1H3,(H,17,18). The van der Waals surface area contributed by atoms with Crippen molar-refractivity contribution in [2.24, 2.45) is 5.92 Å². The molecule has 1 atom stereocenters. The van der Waals surface area contributed by atoms with E-state index in [1.165, 1.54) is 0 Å². The molecule has 1 aliphatic rings. The summed E-state index contributed by atoms with van der Waals surface area (Å²) in [5.74, 6) is -0.746. The van der Waals surface area contributed by atoms with E-state index < -0.39 is 12.0 Å². The number of anilines is 1. The molecule has 0 heterocycles. The lowest BCUT2D eigenvalue weighted by Gasteiger charge is -2.24. The SMILES string of the molecule is CC(OC(=O)C1CCC1)C(=O)Nc1cccc(C#N)c1. The summed E-state index contributed by atoms with van der Waals surface area (Å²) in [5.41, 5.74) is 0.975. The predicted molar refractivity (Wildman–Crippen MR) is 72.7 cm³/mol. The molecule has 1 fully saturated rings. The van der Waals surface area contributed by atoms with Gasteiger partial charge in [-0.15, -0.1) is 0 Å². The first-order valence-electron chi connectivity index (χ1n) is 6.61. The van der Waals surface area contributed by atoms with Crippen molar-refractivity contribution in [3.8, 4) is 6.07 Å². The zero-order chi connectivity index (χ0) is 14.5. The number of esters is 1. The Morgan fingerprint density at radius 2 is 2.20 bits per heavy atom. The summed E-state index contributed by atoms with van der Waals surface area (Å²) in [6.45, 7) is 1.54. The topological polar surface area (TPSA) is 79.2 Å². The summed E-state index contributed by atoms with van der Waals surface area (Å²) >= 11 is 0. The fraction of sp³-hybridized carbons (Fsp3) is 0.400. The van der Waals surface area contributed by atoms with Crippen LogP contribution < -0.4 is 5.32 Å². The molecule has 0 aliphatic heterocycles. The van der Waals surface area contributed by atoms with Crippen LogP contribution in [0.25, 0.3) is 0 Å². The van der Waals surface area contributed by atoms with Crippen LogP contribution in [0.4, 0.5) is 5.69 Å². The van der Waals surface area contributed by atoms with Gasteiger partial charge in [0.05, 0.1) is 17.6 Å². The van der Waals surface area contributed by atoms with E-state index in [0.717, 1.165) is 19.3 Å². The smallest absolute Gasteiger partial charge is 0.309 e. The van der Waals surface area contributed by atoms with Crippen LogP contribution in [0.15, 0.2) is 24.3 Å². The third kappa shape index (κ3) is 3.35. The van der Waals surface area contributed by atoms with Gasteiger partial charge < -0.3 is 10.1 Å². The minimum atomic E-state index is -0.839. The number of carbonyl (C=O) groups excluding carboxylic acids is 2. The molecule has 1 N–H and O–H groups in total. The Bertz CT molecular complexity index is 558. The van der Waals surface area contributed by atoms with Gasteiger partial charge in [0.15, 0.2) is 6.10 Å². The van der Waals surface area contributed by atoms with Crippen LogP contribution in [0.1, 0.15) is 31.7 Å². The van der Waals surface area contributed by atoms with Gasteiger partial charge in [0.2, 0.25) is 0 Å². The first-order chi connectivity index (χ1) is 9.60. The Kier molecular flexibility index (Phi) is 4.36. The summed E-state index contributed by atoms with van der Waals surface area (Å²) in [5, 5.41) is 11.4.